The first-order valence-corrected chi connectivity index (χ1v) is 8.63. The van der Waals surface area contributed by atoms with Crippen LogP contribution in [0.15, 0.2) is 78.9 Å². The Hall–Kier alpha value is -3.18. The number of amides is 1. The van der Waals surface area contributed by atoms with Crippen LogP contribution in [0.4, 0.5) is 10.1 Å². The largest absolute Gasteiger partial charge is 0.497 e. The highest BCUT2D eigenvalue weighted by Crippen LogP contribution is 2.20. The van der Waals surface area contributed by atoms with Gasteiger partial charge in [0.1, 0.15) is 17.6 Å². The molecule has 4 nitrogen and oxygen atoms in total. The summed E-state index contributed by atoms with van der Waals surface area (Å²) < 4.78 is 18.3. The van der Waals surface area contributed by atoms with Crippen molar-refractivity contribution in [1.29, 1.82) is 0 Å². The summed E-state index contributed by atoms with van der Waals surface area (Å²) in [6, 6.07) is 22.3. The quantitative estimate of drug-likeness (QED) is 0.657. The summed E-state index contributed by atoms with van der Waals surface area (Å²) in [5.74, 6) is 0.203. The van der Waals surface area contributed by atoms with E-state index in [1.54, 1.807) is 25.3 Å². The van der Waals surface area contributed by atoms with Gasteiger partial charge in [0.05, 0.1) is 7.11 Å². The van der Waals surface area contributed by atoms with Crippen LogP contribution in [-0.4, -0.2) is 13.0 Å². The van der Waals surface area contributed by atoms with E-state index in [2.05, 4.69) is 10.6 Å². The third kappa shape index (κ3) is 5.15. The van der Waals surface area contributed by atoms with Gasteiger partial charge in [0.2, 0.25) is 5.91 Å². The highest BCUT2D eigenvalue weighted by atomic mass is 19.1. The van der Waals surface area contributed by atoms with Crippen molar-refractivity contribution < 1.29 is 13.9 Å². The molecule has 138 valence electrons. The van der Waals surface area contributed by atoms with Crippen LogP contribution in [0.25, 0.3) is 0 Å². The van der Waals surface area contributed by atoms with Gasteiger partial charge < -0.3 is 10.1 Å². The van der Waals surface area contributed by atoms with Crippen LogP contribution in [0, 0.1) is 5.82 Å². The van der Waals surface area contributed by atoms with E-state index in [1.165, 1.54) is 12.1 Å². The van der Waals surface area contributed by atoms with E-state index in [0.717, 1.165) is 11.1 Å². The monoisotopic (exact) mass is 364 g/mol. The molecular formula is C22H21FN2O2. The van der Waals surface area contributed by atoms with Crippen molar-refractivity contribution in [2.75, 3.05) is 12.4 Å². The molecule has 0 unspecified atom stereocenters. The summed E-state index contributed by atoms with van der Waals surface area (Å²) in [5, 5.41) is 6.17. The zero-order valence-electron chi connectivity index (χ0n) is 15.0. The van der Waals surface area contributed by atoms with Crippen molar-refractivity contribution in [2.45, 2.75) is 12.6 Å². The number of rotatable bonds is 7. The number of hydrogen-bond acceptors (Lipinski definition) is 3. The summed E-state index contributed by atoms with van der Waals surface area (Å²) in [6.45, 7) is 0.436. The van der Waals surface area contributed by atoms with E-state index >= 15 is 0 Å². The Morgan fingerprint density at radius 3 is 2.44 bits per heavy atom. The van der Waals surface area contributed by atoms with Crippen LogP contribution in [0.3, 0.4) is 0 Å². The van der Waals surface area contributed by atoms with Crippen molar-refractivity contribution >= 4 is 11.6 Å². The third-order valence-corrected chi connectivity index (χ3v) is 4.16. The molecule has 0 spiro atoms. The van der Waals surface area contributed by atoms with Gasteiger partial charge in [-0.25, -0.2) is 4.39 Å². The first kappa shape index (κ1) is 18.6. The molecule has 1 atom stereocenters. The number of hydrogen-bond donors (Lipinski definition) is 2. The Labute approximate surface area is 158 Å². The molecule has 3 rings (SSSR count). The molecule has 2 N–H and O–H groups in total. The Kier molecular flexibility index (Phi) is 6.18. The number of anilines is 1. The topological polar surface area (TPSA) is 50.4 Å². The smallest absolute Gasteiger partial charge is 0.246 e. The number of nitrogens with one attached hydrogen (secondary N) is 2. The standard InChI is InChI=1S/C22H21FN2O2/c1-27-20-9-5-8-19(14-20)25-22(26)21(17-6-3-2-4-7-17)24-15-16-10-12-18(23)13-11-16/h2-14,21,24H,15H2,1H3,(H,25,26)/t21-/m0/s1. The highest BCUT2D eigenvalue weighted by Gasteiger charge is 2.20. The average molecular weight is 364 g/mol. The summed E-state index contributed by atoms with van der Waals surface area (Å²) in [5.41, 5.74) is 2.40. The van der Waals surface area contributed by atoms with E-state index in [0.29, 0.717) is 18.0 Å². The molecule has 0 bridgehead atoms. The number of methoxy groups -OCH3 is 1. The molecule has 3 aromatic rings. The van der Waals surface area contributed by atoms with E-state index in [-0.39, 0.29) is 11.7 Å². The van der Waals surface area contributed by atoms with Crippen LogP contribution < -0.4 is 15.4 Å². The minimum atomic E-state index is -0.553. The van der Waals surface area contributed by atoms with Gasteiger partial charge in [0.25, 0.3) is 0 Å². The van der Waals surface area contributed by atoms with Gasteiger partial charge in [0, 0.05) is 18.3 Å². The molecule has 0 aliphatic rings. The van der Waals surface area contributed by atoms with E-state index in [1.807, 2.05) is 48.5 Å². The Morgan fingerprint density at radius 2 is 1.74 bits per heavy atom. The van der Waals surface area contributed by atoms with Crippen molar-refractivity contribution in [3.63, 3.8) is 0 Å². The van der Waals surface area contributed by atoms with Crippen LogP contribution in [-0.2, 0) is 11.3 Å². The fraction of sp³-hybridized carbons (Fsp3) is 0.136. The predicted molar refractivity (Wildman–Crippen MR) is 104 cm³/mol. The molecule has 3 aromatic carbocycles. The first-order valence-electron chi connectivity index (χ1n) is 8.63. The first-order chi connectivity index (χ1) is 13.2. The fourth-order valence-corrected chi connectivity index (χ4v) is 2.74. The lowest BCUT2D eigenvalue weighted by atomic mass is 10.1. The second-order valence-corrected chi connectivity index (χ2v) is 6.07. The maximum absolute atomic E-state index is 13.1. The molecule has 0 aliphatic carbocycles. The zero-order valence-corrected chi connectivity index (χ0v) is 15.0. The number of halogens is 1. The van der Waals surface area contributed by atoms with Gasteiger partial charge in [-0.2, -0.15) is 0 Å². The summed E-state index contributed by atoms with van der Waals surface area (Å²) in [7, 11) is 1.58. The molecule has 0 fully saturated rings. The zero-order chi connectivity index (χ0) is 19.1. The number of carbonyl (C=O) groups is 1. The summed E-state index contributed by atoms with van der Waals surface area (Å²) in [4.78, 5) is 12.9. The molecule has 0 aromatic heterocycles. The molecule has 0 aliphatic heterocycles. The number of benzene rings is 3. The van der Waals surface area contributed by atoms with Gasteiger partial charge >= 0.3 is 0 Å². The van der Waals surface area contributed by atoms with Gasteiger partial charge in [-0.1, -0.05) is 48.5 Å². The van der Waals surface area contributed by atoms with E-state index in [9.17, 15) is 9.18 Å². The molecule has 5 heteroatoms. The second-order valence-electron chi connectivity index (χ2n) is 6.07. The van der Waals surface area contributed by atoms with E-state index < -0.39 is 6.04 Å². The van der Waals surface area contributed by atoms with Gasteiger partial charge in [-0.05, 0) is 35.4 Å². The van der Waals surface area contributed by atoms with Gasteiger partial charge in [0.15, 0.2) is 0 Å². The maximum atomic E-state index is 13.1. The minimum Gasteiger partial charge on any atom is -0.497 e. The Balaban J connectivity index is 1.76. The van der Waals surface area contributed by atoms with Crippen molar-refractivity contribution in [1.82, 2.24) is 5.32 Å². The number of carbonyl (C=O) groups excluding carboxylic acids is 1. The molecule has 0 saturated heterocycles. The minimum absolute atomic E-state index is 0.184. The Morgan fingerprint density at radius 1 is 1.00 bits per heavy atom. The second kappa shape index (κ2) is 8.96. The normalized spacial score (nSPS) is 11.6. The molecule has 27 heavy (non-hydrogen) atoms. The van der Waals surface area contributed by atoms with E-state index in [4.69, 9.17) is 4.74 Å². The van der Waals surface area contributed by atoms with Crippen molar-refractivity contribution in [3.05, 3.63) is 95.8 Å². The number of ether oxygens (including phenoxy) is 1. The summed E-state index contributed by atoms with van der Waals surface area (Å²) in [6.07, 6.45) is 0. The third-order valence-electron chi connectivity index (χ3n) is 4.16. The molecule has 0 saturated carbocycles. The molecule has 1 amide bonds. The van der Waals surface area contributed by atoms with Gasteiger partial charge in [-0.3, -0.25) is 10.1 Å². The lowest BCUT2D eigenvalue weighted by Crippen LogP contribution is -2.32. The molecular weight excluding hydrogens is 343 g/mol. The van der Waals surface area contributed by atoms with Crippen LogP contribution in [0.1, 0.15) is 17.2 Å². The summed E-state index contributed by atoms with van der Waals surface area (Å²) >= 11 is 0. The molecule has 0 radical (unpaired) electrons. The fourth-order valence-electron chi connectivity index (χ4n) is 2.74. The lowest BCUT2D eigenvalue weighted by molar-refractivity contribution is -0.118. The van der Waals surface area contributed by atoms with Crippen LogP contribution >= 0.6 is 0 Å². The predicted octanol–water partition coefficient (Wildman–Crippen LogP) is 4.30. The van der Waals surface area contributed by atoms with Crippen LogP contribution in [0.5, 0.6) is 5.75 Å². The highest BCUT2D eigenvalue weighted by molar-refractivity contribution is 5.95. The van der Waals surface area contributed by atoms with Crippen molar-refractivity contribution in [2.24, 2.45) is 0 Å². The maximum Gasteiger partial charge on any atom is 0.246 e. The Bertz CT molecular complexity index is 882. The van der Waals surface area contributed by atoms with Crippen LogP contribution in [0.2, 0.25) is 0 Å². The molecule has 0 heterocycles. The van der Waals surface area contributed by atoms with Gasteiger partial charge in [-0.15, -0.1) is 0 Å². The lowest BCUT2D eigenvalue weighted by Gasteiger charge is -2.19. The average Bonchev–Trinajstić information content (AvgIpc) is 2.70. The SMILES string of the molecule is COc1cccc(NC(=O)[C@@H](NCc2ccc(F)cc2)c2ccccc2)c1. The van der Waals surface area contributed by atoms with Crippen molar-refractivity contribution in [3.8, 4) is 5.75 Å².